The van der Waals surface area contributed by atoms with Crippen molar-refractivity contribution in [1.82, 2.24) is 9.97 Å². The van der Waals surface area contributed by atoms with Gasteiger partial charge in [0.05, 0.1) is 24.0 Å². The van der Waals surface area contributed by atoms with Gasteiger partial charge in [0.25, 0.3) is 12.3 Å². The molecule has 0 bridgehead atoms. The van der Waals surface area contributed by atoms with Crippen LogP contribution in [0.15, 0.2) is 35.6 Å². The van der Waals surface area contributed by atoms with Crippen LogP contribution in [0.4, 0.5) is 18.9 Å². The van der Waals surface area contributed by atoms with Crippen LogP contribution in [0.5, 0.6) is 0 Å². The van der Waals surface area contributed by atoms with E-state index in [1.165, 1.54) is 30.0 Å². The summed E-state index contributed by atoms with van der Waals surface area (Å²) in [4.78, 5) is 24.4. The quantitative estimate of drug-likeness (QED) is 0.738. The molecule has 1 amide bonds. The first-order valence-corrected chi connectivity index (χ1v) is 10.6. The molecule has 1 fully saturated rings. The number of aliphatic imine (C=N–C) groups is 1. The minimum absolute atomic E-state index is 0.0910. The molecule has 0 radical (unpaired) electrons. The number of fused-ring (bicyclic) bond motifs is 1. The molecule has 0 aliphatic carbocycles. The van der Waals surface area contributed by atoms with E-state index in [0.29, 0.717) is 35.2 Å². The number of anilines is 1. The number of thioether (sulfide) groups is 1. The van der Waals surface area contributed by atoms with Gasteiger partial charge in [0.15, 0.2) is 5.17 Å². The Morgan fingerprint density at radius 2 is 2.16 bits per heavy atom. The molecule has 2 aromatic rings. The fraction of sp³-hybridized carbons (Fsp3) is 0.400. The lowest BCUT2D eigenvalue weighted by Gasteiger charge is -2.47. The van der Waals surface area contributed by atoms with Crippen molar-refractivity contribution < 1.29 is 22.7 Å². The largest absolute Gasteiger partial charge is 0.379 e. The number of carbonyl (C=O) groups is 1. The highest BCUT2D eigenvalue weighted by atomic mass is 32.2. The van der Waals surface area contributed by atoms with Crippen LogP contribution in [-0.2, 0) is 10.3 Å². The van der Waals surface area contributed by atoms with Crippen molar-refractivity contribution in [3.05, 3.63) is 53.4 Å². The average molecular weight is 451 g/mol. The highest BCUT2D eigenvalue weighted by molar-refractivity contribution is 8.13. The van der Waals surface area contributed by atoms with Gasteiger partial charge in [-0.25, -0.2) is 18.2 Å². The van der Waals surface area contributed by atoms with Crippen molar-refractivity contribution in [3.63, 3.8) is 0 Å². The molecule has 3 unspecified atom stereocenters. The summed E-state index contributed by atoms with van der Waals surface area (Å²) in [6.07, 6.45) is -0.642. The average Bonchev–Trinajstić information content (AvgIpc) is 2.75. The van der Waals surface area contributed by atoms with E-state index in [2.05, 4.69) is 20.3 Å². The maximum atomic E-state index is 15.0. The monoisotopic (exact) mass is 451 g/mol. The molecule has 11 heteroatoms. The summed E-state index contributed by atoms with van der Waals surface area (Å²) in [5, 5.41) is 3.00. The van der Waals surface area contributed by atoms with Crippen molar-refractivity contribution in [1.29, 1.82) is 0 Å². The molecule has 0 spiro atoms. The van der Waals surface area contributed by atoms with Crippen LogP contribution in [0.3, 0.4) is 0 Å². The number of hydrogen-bond acceptors (Lipinski definition) is 7. The van der Waals surface area contributed by atoms with Crippen LogP contribution in [0, 0.1) is 11.7 Å². The Hall–Kier alpha value is -2.66. The van der Waals surface area contributed by atoms with E-state index in [4.69, 9.17) is 10.5 Å². The summed E-state index contributed by atoms with van der Waals surface area (Å²) in [6.45, 7) is 2.34. The predicted molar refractivity (Wildman–Crippen MR) is 111 cm³/mol. The Morgan fingerprint density at radius 3 is 2.87 bits per heavy atom. The normalized spacial score (nSPS) is 25.6. The van der Waals surface area contributed by atoms with Crippen LogP contribution in [0.25, 0.3) is 0 Å². The van der Waals surface area contributed by atoms with E-state index in [0.717, 1.165) is 12.4 Å². The van der Waals surface area contributed by atoms with Gasteiger partial charge >= 0.3 is 0 Å². The Kier molecular flexibility index (Phi) is 5.89. The molecule has 31 heavy (non-hydrogen) atoms. The summed E-state index contributed by atoms with van der Waals surface area (Å²) in [5.41, 5.74) is 5.09. The fourth-order valence-corrected chi connectivity index (χ4v) is 5.12. The molecule has 164 valence electrons. The highest BCUT2D eigenvalue weighted by Gasteiger charge is 2.49. The Balaban J connectivity index is 1.65. The van der Waals surface area contributed by atoms with Gasteiger partial charge in [0.2, 0.25) is 0 Å². The number of aromatic nitrogens is 2. The van der Waals surface area contributed by atoms with E-state index in [1.807, 2.05) is 6.92 Å². The number of ether oxygens (including phenoxy) is 1. The maximum Gasteiger partial charge on any atom is 0.281 e. The number of amidine groups is 1. The number of carbonyl (C=O) groups excluding carboxylic acids is 1. The molecule has 3 heterocycles. The lowest BCUT2D eigenvalue weighted by atomic mass is 9.72. The summed E-state index contributed by atoms with van der Waals surface area (Å²) in [7, 11) is 0. The number of halogens is 3. The molecule has 3 N–H and O–H groups in total. The smallest absolute Gasteiger partial charge is 0.281 e. The standard InChI is InChI=1S/C20H20F3N5O2S/c1-10-13-9-31-19(24)28-20(13,4-5-30-10)12-6-11(2-3-14(12)21)27-18(29)16-8-25-15(7-26-16)17(22)23/h2-3,6-8,10,13,17H,4-5,9H2,1H3,(H2,24,28)(H,27,29). The number of rotatable bonds is 4. The fourth-order valence-electron chi connectivity index (χ4n) is 4.00. The second kappa shape index (κ2) is 8.46. The zero-order chi connectivity index (χ0) is 22.2. The number of alkyl halides is 2. The molecule has 2 aliphatic rings. The molecule has 4 rings (SSSR count). The van der Waals surface area contributed by atoms with E-state index < -0.39 is 29.4 Å². The Labute approximate surface area is 180 Å². The van der Waals surface area contributed by atoms with Crippen LogP contribution in [0.2, 0.25) is 0 Å². The van der Waals surface area contributed by atoms with E-state index >= 15 is 0 Å². The second-order valence-electron chi connectivity index (χ2n) is 7.39. The lowest BCUT2D eigenvalue weighted by molar-refractivity contribution is -0.0514. The molecule has 3 atom stereocenters. The summed E-state index contributed by atoms with van der Waals surface area (Å²) in [6, 6.07) is 4.21. The zero-order valence-electron chi connectivity index (χ0n) is 16.5. The van der Waals surface area contributed by atoms with Gasteiger partial charge in [-0.15, -0.1) is 0 Å². The number of nitrogens with one attached hydrogen (secondary N) is 1. The molecular weight excluding hydrogens is 431 g/mol. The first-order chi connectivity index (χ1) is 14.8. The van der Waals surface area contributed by atoms with Crippen molar-refractivity contribution >= 4 is 28.5 Å². The predicted octanol–water partition coefficient (Wildman–Crippen LogP) is 3.49. The number of nitrogens with zero attached hydrogens (tertiary/aromatic N) is 3. The van der Waals surface area contributed by atoms with Crippen molar-refractivity contribution in [2.24, 2.45) is 16.6 Å². The van der Waals surface area contributed by atoms with Gasteiger partial charge in [-0.05, 0) is 25.1 Å². The van der Waals surface area contributed by atoms with Crippen LogP contribution in [-0.4, -0.2) is 39.5 Å². The van der Waals surface area contributed by atoms with Gasteiger partial charge in [0, 0.05) is 35.9 Å². The van der Waals surface area contributed by atoms with Gasteiger partial charge in [-0.2, -0.15) is 0 Å². The molecule has 7 nitrogen and oxygen atoms in total. The molecule has 1 aromatic heterocycles. The van der Waals surface area contributed by atoms with Crippen molar-refractivity contribution in [2.75, 3.05) is 17.7 Å². The molecule has 1 saturated heterocycles. The van der Waals surface area contributed by atoms with Crippen LogP contribution >= 0.6 is 11.8 Å². The molecular formula is C20H20F3N5O2S. The van der Waals surface area contributed by atoms with Gasteiger partial charge < -0.3 is 15.8 Å². The van der Waals surface area contributed by atoms with Crippen molar-refractivity contribution in [3.8, 4) is 0 Å². The van der Waals surface area contributed by atoms with Crippen LogP contribution < -0.4 is 11.1 Å². The third-order valence-corrected chi connectivity index (χ3v) is 6.50. The summed E-state index contributed by atoms with van der Waals surface area (Å²) in [5.74, 6) is -0.561. The molecule has 2 aliphatic heterocycles. The third-order valence-electron chi connectivity index (χ3n) is 5.58. The number of hydrogen-bond donors (Lipinski definition) is 2. The number of benzene rings is 1. The summed E-state index contributed by atoms with van der Waals surface area (Å²) < 4.78 is 46.0. The molecule has 1 aromatic carbocycles. The zero-order valence-corrected chi connectivity index (χ0v) is 17.3. The summed E-state index contributed by atoms with van der Waals surface area (Å²) >= 11 is 1.41. The highest BCUT2D eigenvalue weighted by Crippen LogP contribution is 2.48. The minimum Gasteiger partial charge on any atom is -0.379 e. The van der Waals surface area contributed by atoms with Gasteiger partial charge in [0.1, 0.15) is 17.2 Å². The van der Waals surface area contributed by atoms with E-state index in [9.17, 15) is 18.0 Å². The first kappa shape index (κ1) is 21.6. The minimum atomic E-state index is -2.78. The SMILES string of the molecule is CC1OCCC2(c3cc(NC(=O)c4cnc(C(F)F)cn4)ccc3F)N=C(N)SCC12. The number of amides is 1. The van der Waals surface area contributed by atoms with Gasteiger partial charge in [-0.1, -0.05) is 11.8 Å². The third kappa shape index (κ3) is 4.11. The van der Waals surface area contributed by atoms with Gasteiger partial charge in [-0.3, -0.25) is 14.8 Å². The second-order valence-corrected chi connectivity index (χ2v) is 8.43. The van der Waals surface area contributed by atoms with E-state index in [-0.39, 0.29) is 17.7 Å². The Morgan fingerprint density at radius 1 is 1.35 bits per heavy atom. The lowest BCUT2D eigenvalue weighted by Crippen LogP contribution is -2.50. The Bertz CT molecular complexity index is 1020. The van der Waals surface area contributed by atoms with E-state index in [1.54, 1.807) is 0 Å². The first-order valence-electron chi connectivity index (χ1n) is 9.61. The van der Waals surface area contributed by atoms with Crippen LogP contribution in [0.1, 0.15) is 41.5 Å². The number of nitrogens with two attached hydrogens (primary N) is 1. The van der Waals surface area contributed by atoms with Crippen molar-refractivity contribution in [2.45, 2.75) is 31.4 Å². The maximum absolute atomic E-state index is 15.0. The topological polar surface area (TPSA) is 102 Å². The molecule has 0 saturated carbocycles.